The standard InChI is InChI=1S/C6H11N3/c1-2-9-4-3-8-6(9)5-7/h3-4H,2,5,7H2,1H3. The number of hydrogen-bond donors (Lipinski definition) is 1. The van der Waals surface area contributed by atoms with Crippen molar-refractivity contribution in [1.82, 2.24) is 9.55 Å². The number of hydrogen-bond acceptors (Lipinski definition) is 2. The van der Waals surface area contributed by atoms with E-state index in [-0.39, 0.29) is 0 Å². The molecule has 0 atom stereocenters. The second-order valence-corrected chi connectivity index (χ2v) is 1.83. The van der Waals surface area contributed by atoms with Gasteiger partial charge in [0.25, 0.3) is 0 Å². The molecule has 0 saturated carbocycles. The number of aromatic nitrogens is 2. The van der Waals surface area contributed by atoms with Gasteiger partial charge in [-0.2, -0.15) is 0 Å². The summed E-state index contributed by atoms with van der Waals surface area (Å²) < 4.78 is 2.03. The molecule has 1 heterocycles. The smallest absolute Gasteiger partial charge is 0.122 e. The summed E-state index contributed by atoms with van der Waals surface area (Å²) in [6.07, 6.45) is 3.70. The zero-order valence-electron chi connectivity index (χ0n) is 5.54. The molecular formula is C6H11N3. The van der Waals surface area contributed by atoms with Crippen LogP contribution in [0, 0.1) is 0 Å². The minimum Gasteiger partial charge on any atom is -0.334 e. The molecule has 9 heavy (non-hydrogen) atoms. The summed E-state index contributed by atoms with van der Waals surface area (Å²) in [5, 5.41) is 0. The molecule has 1 rings (SSSR count). The predicted molar refractivity (Wildman–Crippen MR) is 35.8 cm³/mol. The second-order valence-electron chi connectivity index (χ2n) is 1.83. The van der Waals surface area contributed by atoms with Gasteiger partial charge < -0.3 is 10.3 Å². The Bertz CT molecular complexity index is 162. The van der Waals surface area contributed by atoms with Gasteiger partial charge >= 0.3 is 0 Å². The van der Waals surface area contributed by atoms with Gasteiger partial charge in [0.05, 0.1) is 6.54 Å². The minimum atomic E-state index is 0.529. The topological polar surface area (TPSA) is 43.8 Å². The van der Waals surface area contributed by atoms with E-state index in [0.29, 0.717) is 6.54 Å². The Balaban J connectivity index is 2.85. The zero-order valence-corrected chi connectivity index (χ0v) is 5.54. The van der Waals surface area contributed by atoms with E-state index in [4.69, 9.17) is 5.73 Å². The van der Waals surface area contributed by atoms with Crippen LogP contribution in [-0.4, -0.2) is 9.55 Å². The van der Waals surface area contributed by atoms with Gasteiger partial charge in [-0.15, -0.1) is 0 Å². The van der Waals surface area contributed by atoms with Crippen molar-refractivity contribution in [2.24, 2.45) is 5.73 Å². The lowest BCUT2D eigenvalue weighted by Crippen LogP contribution is -2.06. The highest BCUT2D eigenvalue weighted by atomic mass is 15.1. The third-order valence-electron chi connectivity index (χ3n) is 1.32. The molecule has 0 radical (unpaired) electrons. The molecule has 0 aliphatic heterocycles. The van der Waals surface area contributed by atoms with E-state index in [2.05, 4.69) is 11.9 Å². The van der Waals surface area contributed by atoms with Crippen LogP contribution in [0.1, 0.15) is 12.7 Å². The van der Waals surface area contributed by atoms with Crippen molar-refractivity contribution in [3.63, 3.8) is 0 Å². The zero-order chi connectivity index (χ0) is 6.69. The van der Waals surface area contributed by atoms with Crippen molar-refractivity contribution in [2.75, 3.05) is 0 Å². The van der Waals surface area contributed by atoms with Crippen LogP contribution >= 0.6 is 0 Å². The molecule has 3 nitrogen and oxygen atoms in total. The summed E-state index contributed by atoms with van der Waals surface area (Å²) in [5.74, 6) is 0.956. The number of nitrogens with zero attached hydrogens (tertiary/aromatic N) is 2. The van der Waals surface area contributed by atoms with Gasteiger partial charge in [-0.3, -0.25) is 0 Å². The first-order valence-electron chi connectivity index (χ1n) is 3.08. The first-order valence-corrected chi connectivity index (χ1v) is 3.08. The van der Waals surface area contributed by atoms with Crippen LogP contribution in [0.15, 0.2) is 12.4 Å². The lowest BCUT2D eigenvalue weighted by Gasteiger charge is -1.98. The van der Waals surface area contributed by atoms with E-state index in [0.717, 1.165) is 12.4 Å². The van der Waals surface area contributed by atoms with Crippen molar-refractivity contribution >= 4 is 0 Å². The highest BCUT2D eigenvalue weighted by Gasteiger charge is 1.94. The van der Waals surface area contributed by atoms with Crippen LogP contribution in [-0.2, 0) is 13.1 Å². The quantitative estimate of drug-likeness (QED) is 0.620. The maximum Gasteiger partial charge on any atom is 0.122 e. The van der Waals surface area contributed by atoms with Gasteiger partial charge in [0.1, 0.15) is 5.82 Å². The molecule has 0 fully saturated rings. The molecule has 0 amide bonds. The van der Waals surface area contributed by atoms with Crippen LogP contribution in [0.5, 0.6) is 0 Å². The average Bonchev–Trinajstić information content (AvgIpc) is 2.33. The fourth-order valence-corrected chi connectivity index (χ4v) is 0.818. The lowest BCUT2D eigenvalue weighted by atomic mass is 10.6. The van der Waals surface area contributed by atoms with E-state index in [1.165, 1.54) is 0 Å². The molecule has 0 bridgehead atoms. The monoisotopic (exact) mass is 125 g/mol. The van der Waals surface area contributed by atoms with Crippen molar-refractivity contribution in [2.45, 2.75) is 20.0 Å². The van der Waals surface area contributed by atoms with Crippen molar-refractivity contribution in [1.29, 1.82) is 0 Å². The van der Waals surface area contributed by atoms with Crippen LogP contribution in [0.2, 0.25) is 0 Å². The van der Waals surface area contributed by atoms with E-state index in [9.17, 15) is 0 Å². The van der Waals surface area contributed by atoms with Crippen LogP contribution in [0.4, 0.5) is 0 Å². The normalized spacial score (nSPS) is 10.0. The SMILES string of the molecule is CCn1ccnc1CN. The molecule has 0 spiro atoms. The number of aryl methyl sites for hydroxylation is 1. The third kappa shape index (κ3) is 1.10. The summed E-state index contributed by atoms with van der Waals surface area (Å²) in [7, 11) is 0. The molecule has 3 heteroatoms. The van der Waals surface area contributed by atoms with Crippen LogP contribution in [0.3, 0.4) is 0 Å². The van der Waals surface area contributed by atoms with Gasteiger partial charge in [0, 0.05) is 18.9 Å². The minimum absolute atomic E-state index is 0.529. The fourth-order valence-electron chi connectivity index (χ4n) is 0.818. The van der Waals surface area contributed by atoms with Gasteiger partial charge in [-0.1, -0.05) is 0 Å². The maximum absolute atomic E-state index is 5.39. The average molecular weight is 125 g/mol. The van der Waals surface area contributed by atoms with Gasteiger partial charge in [-0.05, 0) is 6.92 Å². The van der Waals surface area contributed by atoms with Crippen LogP contribution in [0.25, 0.3) is 0 Å². The Hall–Kier alpha value is -0.830. The van der Waals surface area contributed by atoms with E-state index in [1.807, 2.05) is 10.8 Å². The molecule has 0 aliphatic rings. The Morgan fingerprint density at radius 3 is 3.00 bits per heavy atom. The largest absolute Gasteiger partial charge is 0.334 e. The number of rotatable bonds is 2. The Labute approximate surface area is 54.5 Å². The molecule has 0 aliphatic carbocycles. The fraction of sp³-hybridized carbons (Fsp3) is 0.500. The summed E-state index contributed by atoms with van der Waals surface area (Å²) in [4.78, 5) is 4.04. The number of imidazole rings is 1. The van der Waals surface area contributed by atoms with E-state index >= 15 is 0 Å². The summed E-state index contributed by atoms with van der Waals surface area (Å²) in [6, 6.07) is 0. The molecular weight excluding hydrogens is 114 g/mol. The lowest BCUT2D eigenvalue weighted by molar-refractivity contribution is 0.698. The molecule has 1 aromatic rings. The Morgan fingerprint density at radius 1 is 1.78 bits per heavy atom. The predicted octanol–water partition coefficient (Wildman–Crippen LogP) is 0.362. The maximum atomic E-state index is 5.39. The van der Waals surface area contributed by atoms with Crippen LogP contribution < -0.4 is 5.73 Å². The summed E-state index contributed by atoms with van der Waals surface area (Å²) in [5.41, 5.74) is 5.39. The first kappa shape index (κ1) is 6.29. The molecule has 0 aromatic carbocycles. The Morgan fingerprint density at radius 2 is 2.56 bits per heavy atom. The first-order chi connectivity index (χ1) is 4.38. The highest BCUT2D eigenvalue weighted by Crippen LogP contribution is 1.93. The molecule has 50 valence electrons. The van der Waals surface area contributed by atoms with Gasteiger partial charge in [0.15, 0.2) is 0 Å². The van der Waals surface area contributed by atoms with Crippen molar-refractivity contribution in [3.05, 3.63) is 18.2 Å². The highest BCUT2D eigenvalue weighted by molar-refractivity contribution is 4.90. The van der Waals surface area contributed by atoms with Gasteiger partial charge in [-0.25, -0.2) is 4.98 Å². The van der Waals surface area contributed by atoms with Crippen molar-refractivity contribution in [3.8, 4) is 0 Å². The molecule has 0 unspecified atom stereocenters. The number of nitrogens with two attached hydrogens (primary N) is 1. The molecule has 2 N–H and O–H groups in total. The summed E-state index contributed by atoms with van der Waals surface area (Å²) in [6.45, 7) is 3.55. The van der Waals surface area contributed by atoms with Crippen molar-refractivity contribution < 1.29 is 0 Å². The third-order valence-corrected chi connectivity index (χ3v) is 1.32. The van der Waals surface area contributed by atoms with E-state index < -0.39 is 0 Å². The Kier molecular flexibility index (Phi) is 1.85. The molecule has 1 aromatic heterocycles. The van der Waals surface area contributed by atoms with Gasteiger partial charge in [0.2, 0.25) is 0 Å². The summed E-state index contributed by atoms with van der Waals surface area (Å²) >= 11 is 0. The second kappa shape index (κ2) is 2.64. The molecule has 0 saturated heterocycles. The van der Waals surface area contributed by atoms with E-state index in [1.54, 1.807) is 6.20 Å².